The first kappa shape index (κ1) is 15.6. The second-order valence-electron chi connectivity index (χ2n) is 6.17. The van der Waals surface area contributed by atoms with Gasteiger partial charge in [-0.1, -0.05) is 12.8 Å². The van der Waals surface area contributed by atoms with Gasteiger partial charge in [-0.2, -0.15) is 10.2 Å². The quantitative estimate of drug-likeness (QED) is 0.904. The topological polar surface area (TPSA) is 76.8 Å². The summed E-state index contributed by atoms with van der Waals surface area (Å²) < 4.78 is 3.76. The summed E-state index contributed by atoms with van der Waals surface area (Å²) in [5.41, 5.74) is 1.95. The fraction of sp³-hybridized carbons (Fsp3) is 0.562. The molecule has 0 unspecified atom stereocenters. The lowest BCUT2D eigenvalue weighted by atomic mass is 9.90. The fourth-order valence-electron chi connectivity index (χ4n) is 3.29. The first-order valence-electron chi connectivity index (χ1n) is 8.16. The summed E-state index contributed by atoms with van der Waals surface area (Å²) in [6.45, 7) is 2.42. The number of nitrogens with zero attached hydrogens (tertiary/aromatic N) is 4. The van der Waals surface area contributed by atoms with Crippen LogP contribution in [0.3, 0.4) is 0 Å². The van der Waals surface area contributed by atoms with Crippen molar-refractivity contribution in [3.8, 4) is 0 Å². The van der Waals surface area contributed by atoms with Gasteiger partial charge in [0.15, 0.2) is 0 Å². The van der Waals surface area contributed by atoms with Crippen molar-refractivity contribution in [1.29, 1.82) is 0 Å². The van der Waals surface area contributed by atoms with E-state index in [4.69, 9.17) is 0 Å². The van der Waals surface area contributed by atoms with Gasteiger partial charge in [0, 0.05) is 19.4 Å². The van der Waals surface area contributed by atoms with Gasteiger partial charge in [0.25, 0.3) is 0 Å². The van der Waals surface area contributed by atoms with Crippen molar-refractivity contribution in [3.05, 3.63) is 35.9 Å². The zero-order chi connectivity index (χ0) is 16.2. The number of carbonyl (C=O) groups is 1. The van der Waals surface area contributed by atoms with Crippen molar-refractivity contribution in [2.45, 2.75) is 51.2 Å². The first-order valence-corrected chi connectivity index (χ1v) is 8.16. The van der Waals surface area contributed by atoms with E-state index in [9.17, 15) is 4.79 Å². The molecule has 1 fully saturated rings. The molecule has 2 heterocycles. The van der Waals surface area contributed by atoms with Gasteiger partial charge in [-0.3, -0.25) is 9.36 Å². The molecule has 0 saturated heterocycles. The number of urea groups is 1. The van der Waals surface area contributed by atoms with Gasteiger partial charge in [0.1, 0.15) is 0 Å². The molecule has 3 rings (SSSR count). The van der Waals surface area contributed by atoms with E-state index < -0.39 is 0 Å². The van der Waals surface area contributed by atoms with Crippen molar-refractivity contribution in [2.75, 3.05) is 0 Å². The third-order valence-corrected chi connectivity index (χ3v) is 4.44. The van der Waals surface area contributed by atoms with Crippen LogP contribution in [-0.2, 0) is 13.6 Å². The number of rotatable bonds is 4. The summed E-state index contributed by atoms with van der Waals surface area (Å²) in [7, 11) is 1.89. The SMILES string of the molecule is Cc1cc(CNC(=O)N[C@@H]2CCCC[C@H]2n2cccn2)n(C)n1. The fourth-order valence-corrected chi connectivity index (χ4v) is 3.29. The smallest absolute Gasteiger partial charge is 0.315 e. The molecule has 0 bridgehead atoms. The number of hydrogen-bond donors (Lipinski definition) is 2. The lowest BCUT2D eigenvalue weighted by molar-refractivity contribution is 0.213. The number of amides is 2. The van der Waals surface area contributed by atoms with Gasteiger partial charge >= 0.3 is 6.03 Å². The second-order valence-corrected chi connectivity index (χ2v) is 6.17. The van der Waals surface area contributed by atoms with E-state index >= 15 is 0 Å². The van der Waals surface area contributed by atoms with Crippen molar-refractivity contribution in [2.24, 2.45) is 7.05 Å². The van der Waals surface area contributed by atoms with Crippen LogP contribution in [0.15, 0.2) is 24.5 Å². The van der Waals surface area contributed by atoms with Crippen LogP contribution in [0.2, 0.25) is 0 Å². The predicted octanol–water partition coefficient (Wildman–Crippen LogP) is 1.91. The Bertz CT molecular complexity index is 648. The molecule has 2 N–H and O–H groups in total. The van der Waals surface area contributed by atoms with Gasteiger partial charge in [0.2, 0.25) is 0 Å². The summed E-state index contributed by atoms with van der Waals surface area (Å²) in [6, 6.07) is 4.14. The van der Waals surface area contributed by atoms with Crippen LogP contribution >= 0.6 is 0 Å². The highest BCUT2D eigenvalue weighted by molar-refractivity contribution is 5.74. The molecule has 1 aliphatic rings. The highest BCUT2D eigenvalue weighted by Crippen LogP contribution is 2.27. The van der Waals surface area contributed by atoms with Gasteiger partial charge in [-0.05, 0) is 31.9 Å². The third-order valence-electron chi connectivity index (χ3n) is 4.44. The average molecular weight is 316 g/mol. The van der Waals surface area contributed by atoms with E-state index in [1.807, 2.05) is 37.0 Å². The minimum Gasteiger partial charge on any atom is -0.333 e. The van der Waals surface area contributed by atoms with Crippen molar-refractivity contribution in [3.63, 3.8) is 0 Å². The molecule has 1 aliphatic carbocycles. The highest BCUT2D eigenvalue weighted by atomic mass is 16.2. The molecule has 0 spiro atoms. The molecule has 1 saturated carbocycles. The Hall–Kier alpha value is -2.31. The molecule has 23 heavy (non-hydrogen) atoms. The molecule has 2 aromatic heterocycles. The molecule has 2 amide bonds. The summed E-state index contributed by atoms with van der Waals surface area (Å²) >= 11 is 0. The Morgan fingerprint density at radius 2 is 2.22 bits per heavy atom. The largest absolute Gasteiger partial charge is 0.333 e. The van der Waals surface area contributed by atoms with Crippen LogP contribution in [0.25, 0.3) is 0 Å². The van der Waals surface area contributed by atoms with E-state index in [1.54, 1.807) is 10.9 Å². The van der Waals surface area contributed by atoms with Crippen molar-refractivity contribution >= 4 is 6.03 Å². The Labute approximate surface area is 136 Å². The van der Waals surface area contributed by atoms with Gasteiger partial charge < -0.3 is 10.6 Å². The van der Waals surface area contributed by atoms with Crippen LogP contribution in [0.5, 0.6) is 0 Å². The summed E-state index contributed by atoms with van der Waals surface area (Å²) in [4.78, 5) is 12.2. The molecule has 124 valence electrons. The van der Waals surface area contributed by atoms with Gasteiger partial charge in [0.05, 0.1) is 30.0 Å². The number of carbonyl (C=O) groups excluding carboxylic acids is 1. The van der Waals surface area contributed by atoms with E-state index in [2.05, 4.69) is 20.8 Å². The van der Waals surface area contributed by atoms with Crippen LogP contribution in [0.4, 0.5) is 4.79 Å². The number of aryl methyl sites for hydroxylation is 2. The van der Waals surface area contributed by atoms with Crippen LogP contribution in [0.1, 0.15) is 43.1 Å². The van der Waals surface area contributed by atoms with Crippen molar-refractivity contribution in [1.82, 2.24) is 30.2 Å². The highest BCUT2D eigenvalue weighted by Gasteiger charge is 2.28. The average Bonchev–Trinajstić information content (AvgIpc) is 3.15. The first-order chi connectivity index (χ1) is 11.1. The zero-order valence-electron chi connectivity index (χ0n) is 13.7. The standard InChI is InChI=1S/C16H24N6O/c1-12-10-13(21(2)20-12)11-17-16(23)19-14-6-3-4-7-15(14)22-9-5-8-18-22/h5,8-10,14-15H,3-4,6-7,11H2,1-2H3,(H2,17,19,23)/t14-,15-/m1/s1. The molecule has 0 aliphatic heterocycles. The van der Waals surface area contributed by atoms with Crippen LogP contribution in [0, 0.1) is 6.92 Å². The van der Waals surface area contributed by atoms with E-state index in [0.717, 1.165) is 30.7 Å². The zero-order valence-corrected chi connectivity index (χ0v) is 13.7. The summed E-state index contributed by atoms with van der Waals surface area (Å²) in [5, 5.41) is 14.7. The molecular formula is C16H24N6O. The summed E-state index contributed by atoms with van der Waals surface area (Å²) in [6.07, 6.45) is 8.12. The van der Waals surface area contributed by atoms with E-state index in [0.29, 0.717) is 6.54 Å². The molecule has 2 atom stereocenters. The third kappa shape index (κ3) is 3.72. The maximum Gasteiger partial charge on any atom is 0.315 e. The number of nitrogens with one attached hydrogen (secondary N) is 2. The van der Waals surface area contributed by atoms with Gasteiger partial charge in [-0.15, -0.1) is 0 Å². The monoisotopic (exact) mass is 316 g/mol. The Morgan fingerprint density at radius 3 is 2.91 bits per heavy atom. The Kier molecular flexibility index (Phi) is 4.64. The summed E-state index contributed by atoms with van der Waals surface area (Å²) in [5.74, 6) is 0. The minimum absolute atomic E-state index is 0.122. The molecule has 7 heteroatoms. The van der Waals surface area contributed by atoms with Gasteiger partial charge in [-0.25, -0.2) is 4.79 Å². The molecule has 7 nitrogen and oxygen atoms in total. The molecule has 0 radical (unpaired) electrons. The Balaban J connectivity index is 1.56. The Morgan fingerprint density at radius 1 is 1.39 bits per heavy atom. The predicted molar refractivity (Wildman–Crippen MR) is 86.8 cm³/mol. The van der Waals surface area contributed by atoms with Crippen LogP contribution < -0.4 is 10.6 Å². The second kappa shape index (κ2) is 6.85. The maximum absolute atomic E-state index is 12.2. The number of aromatic nitrogens is 4. The number of hydrogen-bond acceptors (Lipinski definition) is 3. The normalized spacial score (nSPS) is 21.1. The minimum atomic E-state index is -0.132. The maximum atomic E-state index is 12.2. The lowest BCUT2D eigenvalue weighted by Gasteiger charge is -2.32. The van der Waals surface area contributed by atoms with E-state index in [-0.39, 0.29) is 18.1 Å². The van der Waals surface area contributed by atoms with Crippen LogP contribution in [-0.4, -0.2) is 31.6 Å². The lowest BCUT2D eigenvalue weighted by Crippen LogP contribution is -2.47. The van der Waals surface area contributed by atoms with E-state index in [1.165, 1.54) is 6.42 Å². The van der Waals surface area contributed by atoms with Crippen molar-refractivity contribution < 1.29 is 4.79 Å². The molecule has 0 aromatic carbocycles. The molecule has 2 aromatic rings. The molecular weight excluding hydrogens is 292 g/mol.